The average Bonchev–Trinajstić information content (AvgIpc) is 3.39. The maximum atomic E-state index is 13.4. The molecule has 6 aromatic carbocycles. The van der Waals surface area contributed by atoms with Crippen molar-refractivity contribution in [3.05, 3.63) is 179 Å². The van der Waals surface area contributed by atoms with Crippen LogP contribution >= 0.6 is 0 Å². The van der Waals surface area contributed by atoms with E-state index in [0.717, 1.165) is 51.1 Å². The lowest BCUT2D eigenvalue weighted by atomic mass is 9.77. The highest BCUT2D eigenvalue weighted by Crippen LogP contribution is 2.41. The molecular weight excluding hydrogens is 871 g/mol. The van der Waals surface area contributed by atoms with Gasteiger partial charge in [0, 0.05) is 0 Å². The van der Waals surface area contributed by atoms with Gasteiger partial charge in [0.15, 0.2) is 34.9 Å². The summed E-state index contributed by atoms with van der Waals surface area (Å²) >= 11 is 0. The molecule has 6 aromatic rings. The van der Waals surface area contributed by atoms with Crippen LogP contribution in [0.5, 0.6) is 0 Å². The van der Waals surface area contributed by atoms with Gasteiger partial charge in [-0.2, -0.15) is 0 Å². The van der Waals surface area contributed by atoms with Crippen LogP contribution in [0.25, 0.3) is 33.4 Å². The third-order valence-corrected chi connectivity index (χ3v) is 15.7. The van der Waals surface area contributed by atoms with Gasteiger partial charge in [-0.25, -0.2) is 26.3 Å². The van der Waals surface area contributed by atoms with Crippen molar-refractivity contribution in [3.63, 3.8) is 0 Å². The van der Waals surface area contributed by atoms with Crippen molar-refractivity contribution in [2.75, 3.05) is 0 Å². The Hall–Kier alpha value is -5.10. The van der Waals surface area contributed by atoms with Crippen molar-refractivity contribution in [1.82, 2.24) is 0 Å². The van der Waals surface area contributed by atoms with Crippen molar-refractivity contribution in [2.24, 2.45) is 17.8 Å². The second-order valence-corrected chi connectivity index (χ2v) is 20.2. The summed E-state index contributed by atoms with van der Waals surface area (Å²) in [5, 5.41) is 0. The van der Waals surface area contributed by atoms with E-state index < -0.39 is 34.9 Å². The van der Waals surface area contributed by atoms with E-state index in [1.807, 2.05) is 36.4 Å². The fourth-order valence-corrected chi connectivity index (χ4v) is 11.2. The molecule has 0 bridgehead atoms. The highest BCUT2D eigenvalue weighted by molar-refractivity contribution is 5.65. The largest absolute Gasteiger partial charge is 0.204 e. The first-order chi connectivity index (χ1) is 33.5. The highest BCUT2D eigenvalue weighted by Gasteiger charge is 2.24. The summed E-state index contributed by atoms with van der Waals surface area (Å²) in [6.07, 6.45) is 23.6. The van der Waals surface area contributed by atoms with Crippen LogP contribution in [0.15, 0.2) is 127 Å². The van der Waals surface area contributed by atoms with E-state index >= 15 is 0 Å². The Bertz CT molecular complexity index is 2470. The molecule has 0 spiro atoms. The van der Waals surface area contributed by atoms with Gasteiger partial charge in [0.2, 0.25) is 0 Å². The molecule has 3 fully saturated rings. The first-order valence-corrected chi connectivity index (χ1v) is 26.2. The van der Waals surface area contributed by atoms with Crippen LogP contribution in [-0.2, 0) is 0 Å². The number of halogens is 6. The fourth-order valence-electron chi connectivity index (χ4n) is 11.2. The van der Waals surface area contributed by atoms with E-state index in [1.165, 1.54) is 169 Å². The Labute approximate surface area is 409 Å². The molecule has 0 N–H and O–H groups in total. The standard InChI is InChI=1S/C22H26F2.C21H24F2.C20H22F2/c1-2-3-4-16-5-7-17(8-6-16)18-9-11-19(12-10-18)20-13-14-21(23)22(24)15-20;1-2-3-15-4-6-16(7-5-15)17-8-10-18(11-9-17)19-12-13-20(22)21(23)14-19;1-2-14-3-5-15(6-4-14)16-7-9-17(10-8-16)18-11-12-19(21)20(22)13-18/h9-17H,2-8H2,1H3;8-16H,2-7H2,1H3;7-15H,2-6H2,1H3. The summed E-state index contributed by atoms with van der Waals surface area (Å²) in [6, 6.07) is 37.3. The zero-order valence-corrected chi connectivity index (χ0v) is 41.1. The lowest BCUT2D eigenvalue weighted by Crippen LogP contribution is -2.13. The molecule has 6 heteroatoms. The SMILES string of the molecule is CCC1CCC(c2ccc(-c3ccc(F)c(F)c3)cc2)CC1.CCCC1CCC(c2ccc(-c3ccc(F)c(F)c3)cc2)CC1.CCCCC1CCC(c2ccc(-c3ccc(F)c(F)c3)cc2)CC1. The molecule has 3 saturated carbocycles. The normalized spacial score (nSPS) is 21.3. The summed E-state index contributed by atoms with van der Waals surface area (Å²) in [5.74, 6) is -0.0661. The molecule has 0 aliphatic heterocycles. The van der Waals surface area contributed by atoms with Gasteiger partial charge in [-0.15, -0.1) is 0 Å². The lowest BCUT2D eigenvalue weighted by molar-refractivity contribution is 0.304. The van der Waals surface area contributed by atoms with Gasteiger partial charge in [-0.3, -0.25) is 0 Å². The van der Waals surface area contributed by atoms with Crippen LogP contribution in [0, 0.1) is 52.7 Å². The number of unbranched alkanes of at least 4 members (excludes halogenated alkanes) is 1. The fraction of sp³-hybridized carbons (Fsp3) is 0.429. The van der Waals surface area contributed by atoms with E-state index in [4.69, 9.17) is 0 Å². The predicted octanol–water partition coefficient (Wildman–Crippen LogP) is 20.1. The summed E-state index contributed by atoms with van der Waals surface area (Å²) in [7, 11) is 0. The zero-order chi connectivity index (χ0) is 48.7. The summed E-state index contributed by atoms with van der Waals surface area (Å²) < 4.78 is 79.2. The Morgan fingerprint density at radius 2 is 0.594 bits per heavy atom. The van der Waals surface area contributed by atoms with Crippen LogP contribution in [0.1, 0.15) is 171 Å². The molecule has 366 valence electrons. The quantitative estimate of drug-likeness (QED) is 0.107. The van der Waals surface area contributed by atoms with Gasteiger partial charge >= 0.3 is 0 Å². The van der Waals surface area contributed by atoms with Gasteiger partial charge in [-0.05, 0) is 199 Å². The summed E-state index contributed by atoms with van der Waals surface area (Å²) in [5.41, 5.74) is 9.12. The third-order valence-electron chi connectivity index (χ3n) is 15.7. The predicted molar refractivity (Wildman–Crippen MR) is 274 cm³/mol. The lowest BCUT2D eigenvalue weighted by Gasteiger charge is -2.29. The van der Waals surface area contributed by atoms with Crippen molar-refractivity contribution >= 4 is 0 Å². The van der Waals surface area contributed by atoms with E-state index in [1.54, 1.807) is 18.2 Å². The third kappa shape index (κ3) is 14.5. The topological polar surface area (TPSA) is 0 Å². The second-order valence-electron chi connectivity index (χ2n) is 20.2. The van der Waals surface area contributed by atoms with Gasteiger partial charge in [0.25, 0.3) is 0 Å². The molecule has 0 atom stereocenters. The minimum absolute atomic E-state index is 0.654. The molecule has 69 heavy (non-hydrogen) atoms. The van der Waals surface area contributed by atoms with Gasteiger partial charge in [0.1, 0.15) is 0 Å². The van der Waals surface area contributed by atoms with E-state index in [2.05, 4.69) is 57.2 Å². The van der Waals surface area contributed by atoms with Gasteiger partial charge < -0.3 is 0 Å². The van der Waals surface area contributed by atoms with Crippen LogP contribution in [0.3, 0.4) is 0 Å². The Kier molecular flexibility index (Phi) is 19.2. The van der Waals surface area contributed by atoms with Crippen LogP contribution in [0.2, 0.25) is 0 Å². The van der Waals surface area contributed by atoms with Crippen LogP contribution < -0.4 is 0 Å². The van der Waals surface area contributed by atoms with E-state index in [-0.39, 0.29) is 0 Å². The Balaban J connectivity index is 0.000000153. The molecule has 0 heterocycles. The molecule has 0 radical (unpaired) electrons. The molecular formula is C63H72F6. The van der Waals surface area contributed by atoms with Crippen molar-refractivity contribution in [2.45, 2.75) is 154 Å². The maximum absolute atomic E-state index is 13.4. The molecule has 0 aromatic heterocycles. The van der Waals surface area contributed by atoms with Gasteiger partial charge in [0.05, 0.1) is 0 Å². The number of hydrogen-bond acceptors (Lipinski definition) is 0. The maximum Gasteiger partial charge on any atom is 0.159 e. The van der Waals surface area contributed by atoms with Crippen molar-refractivity contribution in [3.8, 4) is 33.4 Å². The molecule has 0 nitrogen and oxygen atoms in total. The first kappa shape index (κ1) is 51.7. The Morgan fingerprint density at radius 3 is 0.870 bits per heavy atom. The van der Waals surface area contributed by atoms with Crippen LogP contribution in [-0.4, -0.2) is 0 Å². The number of benzene rings is 6. The second kappa shape index (κ2) is 25.7. The van der Waals surface area contributed by atoms with E-state index in [9.17, 15) is 26.3 Å². The highest BCUT2D eigenvalue weighted by atomic mass is 19.2. The zero-order valence-electron chi connectivity index (χ0n) is 41.1. The summed E-state index contributed by atoms with van der Waals surface area (Å²) in [6.45, 7) is 6.81. The minimum atomic E-state index is -0.798. The average molecular weight is 943 g/mol. The molecule has 0 saturated heterocycles. The first-order valence-electron chi connectivity index (χ1n) is 26.2. The molecule has 0 amide bonds. The van der Waals surface area contributed by atoms with E-state index in [0.29, 0.717) is 17.8 Å². The van der Waals surface area contributed by atoms with Crippen LogP contribution in [0.4, 0.5) is 26.3 Å². The summed E-state index contributed by atoms with van der Waals surface area (Å²) in [4.78, 5) is 0. The minimum Gasteiger partial charge on any atom is -0.204 e. The smallest absolute Gasteiger partial charge is 0.159 e. The molecule has 3 aliphatic carbocycles. The van der Waals surface area contributed by atoms with Crippen molar-refractivity contribution in [1.29, 1.82) is 0 Å². The number of rotatable bonds is 12. The molecule has 9 rings (SSSR count). The number of hydrogen-bond donors (Lipinski definition) is 0. The van der Waals surface area contributed by atoms with Crippen molar-refractivity contribution < 1.29 is 26.3 Å². The Morgan fingerprint density at radius 1 is 0.304 bits per heavy atom. The monoisotopic (exact) mass is 943 g/mol. The molecule has 0 unspecified atom stereocenters. The van der Waals surface area contributed by atoms with Gasteiger partial charge in [-0.1, -0.05) is 150 Å². The molecule has 3 aliphatic rings.